The van der Waals surface area contributed by atoms with Gasteiger partial charge in [-0.05, 0) is 91.2 Å². The summed E-state index contributed by atoms with van der Waals surface area (Å²) in [4.78, 5) is 0. The van der Waals surface area contributed by atoms with Crippen LogP contribution in [0.3, 0.4) is 0 Å². The lowest BCUT2D eigenvalue weighted by atomic mass is 10.0. The molecule has 0 heterocycles. The predicted octanol–water partition coefficient (Wildman–Crippen LogP) is 9.58. The summed E-state index contributed by atoms with van der Waals surface area (Å²) >= 11 is 0. The molecular formula is C30H27N5O. The Morgan fingerprint density at radius 2 is 1.47 bits per heavy atom. The fourth-order valence-corrected chi connectivity index (χ4v) is 4.28. The van der Waals surface area contributed by atoms with Crippen LogP contribution < -0.4 is 5.32 Å². The number of rotatable bonds is 6. The van der Waals surface area contributed by atoms with Crippen LogP contribution in [0.4, 0.5) is 28.4 Å². The number of nitrogens with zero attached hydrogens (tertiary/aromatic N) is 4. The third-order valence-electron chi connectivity index (χ3n) is 6.14. The number of fused-ring (bicyclic) bond motifs is 2. The van der Waals surface area contributed by atoms with Crippen molar-refractivity contribution in [2.24, 2.45) is 20.5 Å². The Kier molecular flexibility index (Phi) is 6.41. The number of azo groups is 2. The zero-order valence-electron chi connectivity index (χ0n) is 20.5. The maximum Gasteiger partial charge on any atom is 0.151 e. The van der Waals surface area contributed by atoms with Crippen LogP contribution in [0.5, 0.6) is 5.75 Å². The number of hydrogen-bond donors (Lipinski definition) is 2. The standard InChI is InChI=1S/C30H27N5O/c1-4-31-23-12-14-26-22(18-23)16-20(3)29(30(26)36)35-32-24-13-15-27(19(2)17-24)33-34-28-11-7-9-21-8-5-6-10-25(21)28/h5-18,31,36H,4H2,1-3H3. The number of hydrogen-bond acceptors (Lipinski definition) is 6. The Balaban J connectivity index is 1.40. The Hall–Kier alpha value is -4.58. The quantitative estimate of drug-likeness (QED) is 0.241. The molecule has 5 aromatic rings. The summed E-state index contributed by atoms with van der Waals surface area (Å²) in [6.45, 7) is 6.79. The maximum absolute atomic E-state index is 10.9. The highest BCUT2D eigenvalue weighted by Crippen LogP contribution is 2.40. The molecule has 0 spiro atoms. The van der Waals surface area contributed by atoms with Crippen molar-refractivity contribution < 1.29 is 5.11 Å². The minimum Gasteiger partial charge on any atom is -0.505 e. The van der Waals surface area contributed by atoms with Gasteiger partial charge in [0.2, 0.25) is 0 Å². The molecule has 6 heteroatoms. The highest BCUT2D eigenvalue weighted by atomic mass is 16.3. The number of benzene rings is 5. The van der Waals surface area contributed by atoms with Crippen LogP contribution in [-0.4, -0.2) is 11.7 Å². The van der Waals surface area contributed by atoms with E-state index in [1.807, 2.05) is 86.6 Å². The van der Waals surface area contributed by atoms with E-state index in [0.29, 0.717) is 11.4 Å². The SMILES string of the molecule is CCNc1ccc2c(O)c(N=Nc3ccc(N=Nc4cccc5ccccc45)c(C)c3)c(C)cc2c1. The van der Waals surface area contributed by atoms with Gasteiger partial charge in [-0.3, -0.25) is 0 Å². The van der Waals surface area contributed by atoms with Crippen molar-refractivity contribution in [3.8, 4) is 5.75 Å². The molecule has 6 nitrogen and oxygen atoms in total. The van der Waals surface area contributed by atoms with E-state index in [4.69, 9.17) is 0 Å². The molecular weight excluding hydrogens is 446 g/mol. The molecule has 0 aromatic heterocycles. The number of anilines is 1. The summed E-state index contributed by atoms with van der Waals surface area (Å²) in [6, 6.07) is 27.7. The number of phenols is 1. The number of phenolic OH excluding ortho intramolecular Hbond substituents is 1. The van der Waals surface area contributed by atoms with Crippen LogP contribution in [0.2, 0.25) is 0 Å². The van der Waals surface area contributed by atoms with Gasteiger partial charge in [-0.2, -0.15) is 10.2 Å². The molecule has 0 fully saturated rings. The van der Waals surface area contributed by atoms with Gasteiger partial charge >= 0.3 is 0 Å². The molecule has 178 valence electrons. The highest BCUT2D eigenvalue weighted by molar-refractivity contribution is 5.95. The zero-order valence-corrected chi connectivity index (χ0v) is 20.5. The first-order chi connectivity index (χ1) is 17.5. The van der Waals surface area contributed by atoms with Gasteiger partial charge in [0.05, 0.1) is 17.1 Å². The molecule has 5 aromatic carbocycles. The van der Waals surface area contributed by atoms with Crippen LogP contribution >= 0.6 is 0 Å². The van der Waals surface area contributed by atoms with Gasteiger partial charge in [-0.15, -0.1) is 10.2 Å². The van der Waals surface area contributed by atoms with Gasteiger partial charge in [-0.25, -0.2) is 0 Å². The van der Waals surface area contributed by atoms with Gasteiger partial charge in [0.15, 0.2) is 5.75 Å². The molecule has 0 bridgehead atoms. The molecule has 0 amide bonds. The molecule has 0 atom stereocenters. The minimum atomic E-state index is 0.133. The average Bonchev–Trinajstić information content (AvgIpc) is 2.88. The predicted molar refractivity (Wildman–Crippen MR) is 148 cm³/mol. The Labute approximate surface area is 210 Å². The van der Waals surface area contributed by atoms with E-state index < -0.39 is 0 Å². The second kappa shape index (κ2) is 9.96. The average molecular weight is 474 g/mol. The van der Waals surface area contributed by atoms with Crippen LogP contribution in [0.25, 0.3) is 21.5 Å². The molecule has 0 aliphatic heterocycles. The van der Waals surface area contributed by atoms with E-state index in [1.165, 1.54) is 0 Å². The molecule has 5 rings (SSSR count). The summed E-state index contributed by atoms with van der Waals surface area (Å²) in [5.74, 6) is 0.133. The van der Waals surface area contributed by atoms with E-state index in [2.05, 4.69) is 44.8 Å². The van der Waals surface area contributed by atoms with Crippen molar-refractivity contribution in [2.75, 3.05) is 11.9 Å². The Bertz CT molecular complexity index is 1630. The third kappa shape index (κ3) is 4.66. The lowest BCUT2D eigenvalue weighted by Crippen LogP contribution is -1.95. The second-order valence-electron chi connectivity index (χ2n) is 8.73. The molecule has 36 heavy (non-hydrogen) atoms. The van der Waals surface area contributed by atoms with Crippen molar-refractivity contribution in [1.29, 1.82) is 0 Å². The largest absolute Gasteiger partial charge is 0.505 e. The molecule has 0 unspecified atom stereocenters. The van der Waals surface area contributed by atoms with E-state index >= 15 is 0 Å². The lowest BCUT2D eigenvalue weighted by Gasteiger charge is -2.10. The van der Waals surface area contributed by atoms with Crippen molar-refractivity contribution >= 4 is 50.0 Å². The van der Waals surface area contributed by atoms with Gasteiger partial charge < -0.3 is 10.4 Å². The highest BCUT2D eigenvalue weighted by Gasteiger charge is 2.11. The van der Waals surface area contributed by atoms with Crippen molar-refractivity contribution in [1.82, 2.24) is 0 Å². The van der Waals surface area contributed by atoms with Crippen LogP contribution in [0.1, 0.15) is 18.1 Å². The van der Waals surface area contributed by atoms with Gasteiger partial charge in [0.1, 0.15) is 5.69 Å². The van der Waals surface area contributed by atoms with Gasteiger partial charge in [0.25, 0.3) is 0 Å². The lowest BCUT2D eigenvalue weighted by molar-refractivity contribution is 0.482. The number of nitrogens with one attached hydrogen (secondary N) is 1. The molecule has 0 radical (unpaired) electrons. The fourth-order valence-electron chi connectivity index (χ4n) is 4.28. The summed E-state index contributed by atoms with van der Waals surface area (Å²) in [6.07, 6.45) is 0. The van der Waals surface area contributed by atoms with Crippen molar-refractivity contribution in [3.05, 3.63) is 96.1 Å². The van der Waals surface area contributed by atoms with Crippen molar-refractivity contribution in [3.63, 3.8) is 0 Å². The van der Waals surface area contributed by atoms with Gasteiger partial charge in [0, 0.05) is 23.0 Å². The number of aromatic hydroxyl groups is 1. The zero-order chi connectivity index (χ0) is 25.1. The molecule has 0 aliphatic carbocycles. The fraction of sp³-hybridized carbons (Fsp3) is 0.133. The summed E-state index contributed by atoms with van der Waals surface area (Å²) in [7, 11) is 0. The van der Waals surface area contributed by atoms with Gasteiger partial charge in [-0.1, -0.05) is 36.4 Å². The summed E-state index contributed by atoms with van der Waals surface area (Å²) in [5.41, 5.74) is 5.56. The first-order valence-electron chi connectivity index (χ1n) is 12.0. The van der Waals surface area contributed by atoms with E-state index in [9.17, 15) is 5.11 Å². The molecule has 2 N–H and O–H groups in total. The monoisotopic (exact) mass is 473 g/mol. The topological polar surface area (TPSA) is 81.7 Å². The first-order valence-corrected chi connectivity index (χ1v) is 12.0. The second-order valence-corrected chi connectivity index (χ2v) is 8.73. The van der Waals surface area contributed by atoms with Crippen molar-refractivity contribution in [2.45, 2.75) is 20.8 Å². The molecule has 0 saturated heterocycles. The van der Waals surface area contributed by atoms with E-state index in [1.54, 1.807) is 0 Å². The Morgan fingerprint density at radius 1 is 0.667 bits per heavy atom. The van der Waals surface area contributed by atoms with E-state index in [0.717, 1.165) is 56.3 Å². The number of aryl methyl sites for hydroxylation is 2. The van der Waals surface area contributed by atoms with Crippen LogP contribution in [-0.2, 0) is 0 Å². The summed E-state index contributed by atoms with van der Waals surface area (Å²) < 4.78 is 0. The third-order valence-corrected chi connectivity index (χ3v) is 6.14. The molecule has 0 saturated carbocycles. The summed E-state index contributed by atoms with van der Waals surface area (Å²) in [5, 5.41) is 35.8. The molecule has 0 aliphatic rings. The maximum atomic E-state index is 10.9. The normalized spacial score (nSPS) is 11.8. The smallest absolute Gasteiger partial charge is 0.151 e. The minimum absolute atomic E-state index is 0.133. The van der Waals surface area contributed by atoms with Crippen LogP contribution in [0.15, 0.2) is 105 Å². The Morgan fingerprint density at radius 3 is 2.31 bits per heavy atom. The van der Waals surface area contributed by atoms with Crippen LogP contribution in [0, 0.1) is 13.8 Å². The van der Waals surface area contributed by atoms with E-state index in [-0.39, 0.29) is 5.75 Å². The first kappa shape index (κ1) is 23.2.